The second-order valence-corrected chi connectivity index (χ2v) is 23.8. The van der Waals surface area contributed by atoms with Gasteiger partial charge in [-0.25, -0.2) is 35.8 Å². The summed E-state index contributed by atoms with van der Waals surface area (Å²) in [5.74, 6) is 0.729. The number of sulfonamides is 2. The van der Waals surface area contributed by atoms with Crippen molar-refractivity contribution in [2.24, 2.45) is 11.8 Å². The zero-order valence-corrected chi connectivity index (χ0v) is 46.7. The number of likely N-dealkylation sites (tertiary alicyclic amines) is 2. The molecule has 0 aliphatic carbocycles. The largest absolute Gasteiger partial charge is 0.355 e. The smallest absolute Gasteiger partial charge is 0.256 e. The maximum atomic E-state index is 13.8. The lowest BCUT2D eigenvalue weighted by Crippen LogP contribution is -2.39. The van der Waals surface area contributed by atoms with E-state index in [1.165, 1.54) is 0 Å². The maximum Gasteiger partial charge on any atom is 0.256 e. The van der Waals surface area contributed by atoms with Crippen LogP contribution >= 0.6 is 24.0 Å². The van der Waals surface area contributed by atoms with Crippen molar-refractivity contribution in [2.45, 2.75) is 91.1 Å². The Labute approximate surface area is 455 Å². The van der Waals surface area contributed by atoms with Crippen molar-refractivity contribution in [3.8, 4) is 12.1 Å². The molecular formula is C52H64Cl2N14O6S2. The van der Waals surface area contributed by atoms with Gasteiger partial charge in [-0.1, -0.05) is 34.9 Å². The Hall–Kier alpha value is -6.56. The molecule has 4 fully saturated rings. The van der Waals surface area contributed by atoms with Crippen molar-refractivity contribution in [1.82, 2.24) is 44.3 Å². The van der Waals surface area contributed by atoms with Gasteiger partial charge in [0.2, 0.25) is 20.0 Å². The molecule has 2 aromatic carbocycles. The zero-order chi connectivity index (χ0) is 53.8. The van der Waals surface area contributed by atoms with Crippen LogP contribution in [0.2, 0.25) is 5.15 Å². The molecule has 4 aliphatic heterocycles. The van der Waals surface area contributed by atoms with E-state index in [2.05, 4.69) is 41.9 Å². The predicted octanol–water partition coefficient (Wildman–Crippen LogP) is 7.71. The van der Waals surface area contributed by atoms with Crippen LogP contribution in [0, 0.1) is 62.2 Å². The fourth-order valence-electron chi connectivity index (χ4n) is 10.0. The highest BCUT2D eigenvalue weighted by molar-refractivity contribution is 7.92. The summed E-state index contributed by atoms with van der Waals surface area (Å²) >= 11 is 6.15. The van der Waals surface area contributed by atoms with E-state index in [-0.39, 0.29) is 53.6 Å². The Kier molecular flexibility index (Phi) is 18.2. The van der Waals surface area contributed by atoms with Crippen LogP contribution < -0.4 is 19.7 Å². The number of nitrogens with zero attached hydrogens (tertiary/aromatic N) is 11. The van der Waals surface area contributed by atoms with Gasteiger partial charge in [-0.15, -0.1) is 12.4 Å². The molecule has 3 N–H and O–H groups in total. The lowest BCUT2D eigenvalue weighted by atomic mass is 9.97. The van der Waals surface area contributed by atoms with Crippen LogP contribution in [0.15, 0.2) is 60.9 Å². The summed E-state index contributed by atoms with van der Waals surface area (Å²) in [6, 6.07) is 18.1. The Morgan fingerprint density at radius 2 is 1.17 bits per heavy atom. The minimum absolute atomic E-state index is 0. The first-order valence-electron chi connectivity index (χ1n) is 25.1. The highest BCUT2D eigenvalue weighted by Gasteiger charge is 2.34. The van der Waals surface area contributed by atoms with E-state index in [1.54, 1.807) is 55.2 Å². The summed E-state index contributed by atoms with van der Waals surface area (Å²) in [7, 11) is -7.07. The summed E-state index contributed by atoms with van der Waals surface area (Å²) in [4.78, 5) is 42.4. The Morgan fingerprint density at radius 1 is 0.671 bits per heavy atom. The molecular weight excluding hydrogens is 1050 g/mol. The number of carbonyl (C=O) groups excluding carboxylic acids is 2. The molecule has 4 aromatic heterocycles. The van der Waals surface area contributed by atoms with Gasteiger partial charge in [0, 0.05) is 68.4 Å². The second kappa shape index (κ2) is 24.2. The molecule has 76 heavy (non-hydrogen) atoms. The normalized spacial score (nSPS) is 19.6. The number of hydrogen-bond acceptors (Lipinski definition) is 14. The number of halogens is 2. The van der Waals surface area contributed by atoms with E-state index in [1.807, 2.05) is 52.2 Å². The molecule has 0 radical (unpaired) electrons. The molecule has 4 aliphatic rings. The minimum atomic E-state index is -3.55. The van der Waals surface area contributed by atoms with E-state index in [9.17, 15) is 31.7 Å². The monoisotopic (exact) mass is 1110 g/mol. The number of piperidine rings is 2. The fourth-order valence-corrected chi connectivity index (χ4v) is 11.3. The highest BCUT2D eigenvalue weighted by atomic mass is 35.5. The SMILES string of the molecule is Cc1ccc(NS(C)(=O)=O)c(C(=O)N2CCCC[C@H]2c2cc3nc(Cl)c(C)cn3n2)c1.Cc1ccc(NS(C)(=O)=O)c(C(=O)N2CCCC[C@H]2c2cc3nc(N4CC[C@@H](C#N)C4)c(C)cn3n2)c1.Cl.N#CC1CCNC1. The lowest BCUT2D eigenvalue weighted by Gasteiger charge is -2.35. The highest BCUT2D eigenvalue weighted by Crippen LogP contribution is 2.36. The molecule has 4 saturated heterocycles. The van der Waals surface area contributed by atoms with E-state index in [0.29, 0.717) is 53.1 Å². The van der Waals surface area contributed by atoms with Crippen molar-refractivity contribution in [2.75, 3.05) is 66.1 Å². The minimum Gasteiger partial charge on any atom is -0.355 e. The average Bonchev–Trinajstić information content (AvgIpc) is 4.22. The van der Waals surface area contributed by atoms with Crippen molar-refractivity contribution in [1.29, 1.82) is 10.5 Å². The molecule has 24 heteroatoms. The molecule has 4 atom stereocenters. The summed E-state index contributed by atoms with van der Waals surface area (Å²) in [5, 5.41) is 30.5. The number of amides is 2. The summed E-state index contributed by atoms with van der Waals surface area (Å²) in [5.41, 5.74) is 7.59. The molecule has 404 valence electrons. The standard InChI is InChI=1S/C26H31N7O3S.C21H24ClN5O3S.C5H8N2.ClH/c1-17-7-8-21(30-37(3,35)36)20(12-17)26(34)32-10-5-4-6-23(32)22-13-24-28-25(18(2)15-33(24)29-22)31-11-9-19(14-27)16-31;1-13-7-8-16(25-31(3,29)30)15(10-13)21(28)26-9-5-4-6-18(26)17-11-19-23-20(22)14(2)12-27(19)24-17;6-3-5-1-2-7-4-5;/h7-8,12-13,15,19,23,30H,4-6,9-11,16H2,1-3H3;7-8,10-12,18,25H,4-6,9H2,1-3H3;5,7H,1-2,4H2;1H/t19-,23-;18-;;/m00../s1. The molecule has 20 nitrogen and oxygen atoms in total. The van der Waals surface area contributed by atoms with Crippen molar-refractivity contribution < 1.29 is 26.4 Å². The number of aryl methyl sites for hydroxylation is 4. The number of hydrogen-bond donors (Lipinski definition) is 3. The molecule has 8 heterocycles. The number of anilines is 3. The average molecular weight is 1120 g/mol. The summed E-state index contributed by atoms with van der Waals surface area (Å²) in [6.07, 6.45) is 13.0. The van der Waals surface area contributed by atoms with Crippen LogP contribution in [-0.2, 0) is 20.0 Å². The molecule has 10 rings (SSSR count). The van der Waals surface area contributed by atoms with Crippen molar-refractivity contribution >= 4 is 84.4 Å². The van der Waals surface area contributed by atoms with Gasteiger partial charge < -0.3 is 20.0 Å². The first kappa shape index (κ1) is 57.2. The zero-order valence-electron chi connectivity index (χ0n) is 43.5. The first-order valence-corrected chi connectivity index (χ1v) is 29.3. The van der Waals surface area contributed by atoms with Gasteiger partial charge in [0.25, 0.3) is 11.8 Å². The Morgan fingerprint density at radius 3 is 1.62 bits per heavy atom. The van der Waals surface area contributed by atoms with Gasteiger partial charge in [0.15, 0.2) is 11.3 Å². The predicted molar refractivity (Wildman–Crippen MR) is 295 cm³/mol. The van der Waals surface area contributed by atoms with Crippen molar-refractivity contribution in [3.63, 3.8) is 0 Å². The van der Waals surface area contributed by atoms with E-state index >= 15 is 0 Å². The topological polar surface area (TPSA) is 256 Å². The Bertz CT molecular complexity index is 3400. The molecule has 0 spiro atoms. The van der Waals surface area contributed by atoms with Crippen LogP contribution in [0.3, 0.4) is 0 Å². The van der Waals surface area contributed by atoms with E-state index < -0.39 is 20.0 Å². The number of nitriles is 2. The van der Waals surface area contributed by atoms with Crippen LogP contribution in [0.4, 0.5) is 17.2 Å². The third kappa shape index (κ3) is 13.7. The molecule has 1 unspecified atom stereocenters. The first-order chi connectivity index (χ1) is 35.7. The molecule has 0 bridgehead atoms. The van der Waals surface area contributed by atoms with Gasteiger partial charge in [-0.2, -0.15) is 20.7 Å². The quantitative estimate of drug-likeness (QED) is 0.117. The lowest BCUT2D eigenvalue weighted by molar-refractivity contribution is 0.0599. The number of rotatable bonds is 9. The second-order valence-electron chi connectivity index (χ2n) is 20.0. The van der Waals surface area contributed by atoms with Crippen LogP contribution in [0.1, 0.15) is 118 Å². The number of fused-ring (bicyclic) bond motifs is 2. The fraction of sp³-hybridized carbons (Fsp3) is 0.462. The van der Waals surface area contributed by atoms with E-state index in [0.717, 1.165) is 123 Å². The van der Waals surface area contributed by atoms with Gasteiger partial charge in [0.05, 0.1) is 82.5 Å². The molecule has 0 saturated carbocycles. The van der Waals surface area contributed by atoms with Gasteiger partial charge in [-0.05, 0) is 110 Å². The molecule has 6 aromatic rings. The van der Waals surface area contributed by atoms with Crippen molar-refractivity contribution in [3.05, 3.63) is 111 Å². The maximum absolute atomic E-state index is 13.8. The summed E-state index contributed by atoms with van der Waals surface area (Å²) in [6.45, 7) is 12.1. The van der Waals surface area contributed by atoms with Crippen LogP contribution in [0.25, 0.3) is 11.3 Å². The molecule has 2 amide bonds. The van der Waals surface area contributed by atoms with Crippen LogP contribution in [-0.4, -0.2) is 119 Å². The van der Waals surface area contributed by atoms with Gasteiger partial charge in [0.1, 0.15) is 11.0 Å². The summed E-state index contributed by atoms with van der Waals surface area (Å²) < 4.78 is 55.9. The van der Waals surface area contributed by atoms with Gasteiger partial charge in [-0.3, -0.25) is 19.0 Å². The number of nitrogens with one attached hydrogen (secondary N) is 3. The number of benzene rings is 2. The number of carbonyl (C=O) groups is 2. The van der Waals surface area contributed by atoms with Crippen LogP contribution in [0.5, 0.6) is 0 Å². The van der Waals surface area contributed by atoms with Gasteiger partial charge >= 0.3 is 0 Å². The number of aromatic nitrogens is 6. The third-order valence-electron chi connectivity index (χ3n) is 13.7. The van der Waals surface area contributed by atoms with E-state index in [4.69, 9.17) is 26.9 Å². The Balaban J connectivity index is 0.000000196. The third-order valence-corrected chi connectivity index (χ3v) is 15.3.